The lowest BCUT2D eigenvalue weighted by atomic mass is 10.1. The molecule has 0 aliphatic rings. The zero-order valence-corrected chi connectivity index (χ0v) is 40.0. The number of allylic oxidation sites excluding steroid dienone is 16. The third-order valence-electron chi connectivity index (χ3n) is 9.34. The van der Waals surface area contributed by atoms with E-state index in [9.17, 15) is 19.0 Å². The number of hydrogen-bond acceptors (Lipinski definition) is 8. The first-order chi connectivity index (χ1) is 29.5. The molecule has 0 aromatic heterocycles. The molecule has 61 heavy (non-hydrogen) atoms. The molecule has 0 spiro atoms. The predicted octanol–water partition coefficient (Wildman–Crippen LogP) is 13.1. The monoisotopic (exact) mass is 872 g/mol. The summed E-state index contributed by atoms with van der Waals surface area (Å²) in [7, 11) is 1.11. The summed E-state index contributed by atoms with van der Waals surface area (Å²) >= 11 is 0. The Kier molecular flexibility index (Phi) is 40.1. The highest BCUT2D eigenvalue weighted by Crippen LogP contribution is 2.38. The summed E-state index contributed by atoms with van der Waals surface area (Å²) in [4.78, 5) is 37.6. The molecule has 0 rings (SSSR count). The topological polar surface area (TPSA) is 111 Å². The van der Waals surface area contributed by atoms with Gasteiger partial charge in [-0.15, -0.1) is 0 Å². The summed E-state index contributed by atoms with van der Waals surface area (Å²) < 4.78 is 33.9. The number of carbonyl (C=O) groups excluding carboxylic acids is 2. The average molecular weight is 872 g/mol. The summed E-state index contributed by atoms with van der Waals surface area (Å²) in [6.07, 6.45) is 55.9. The van der Waals surface area contributed by atoms with Crippen LogP contribution >= 0.6 is 7.82 Å². The van der Waals surface area contributed by atoms with Crippen molar-refractivity contribution in [3.05, 3.63) is 97.2 Å². The van der Waals surface area contributed by atoms with Crippen molar-refractivity contribution in [2.45, 2.75) is 168 Å². The van der Waals surface area contributed by atoms with E-state index in [2.05, 4.69) is 105 Å². The van der Waals surface area contributed by atoms with Gasteiger partial charge in [0.2, 0.25) is 0 Å². The standard InChI is InChI=1S/C51H86NO8P/c1-6-8-10-12-14-16-18-20-22-23-24-25-26-27-28-29-30-32-34-36-38-40-42-44-51(54)60-49(48-59-61(55,56)58-46-45-52(3,4)5)47-57-50(53)43-41-39-37-35-33-31-21-19-17-15-13-11-9-7-2/h8,10,14,16,19-22,24-25,27-28,30,32,36,38,49H,6-7,9,11-13,15,17-18,23,26,29,31,33-35,37,39-48H2,1-5H3/b10-8-,16-14-,21-19-,22-20-,25-24-,28-27-,32-30-,38-36-. The molecule has 0 heterocycles. The van der Waals surface area contributed by atoms with Gasteiger partial charge in [-0.2, -0.15) is 0 Å². The summed E-state index contributed by atoms with van der Waals surface area (Å²) in [5.74, 6) is -0.923. The van der Waals surface area contributed by atoms with Crippen LogP contribution in [0.2, 0.25) is 0 Å². The molecular formula is C51H86NO8P. The fraction of sp³-hybridized carbons (Fsp3) is 0.647. The van der Waals surface area contributed by atoms with E-state index in [0.717, 1.165) is 77.0 Å². The molecule has 2 unspecified atom stereocenters. The normalized spacial score (nSPS) is 14.4. The summed E-state index contributed by atoms with van der Waals surface area (Å²) in [5, 5.41) is 0. The minimum atomic E-state index is -4.65. The van der Waals surface area contributed by atoms with E-state index >= 15 is 0 Å². The molecule has 0 aromatic carbocycles. The van der Waals surface area contributed by atoms with Crippen LogP contribution in [0.25, 0.3) is 0 Å². The van der Waals surface area contributed by atoms with Crippen molar-refractivity contribution in [1.82, 2.24) is 0 Å². The van der Waals surface area contributed by atoms with E-state index in [1.54, 1.807) is 0 Å². The van der Waals surface area contributed by atoms with Crippen LogP contribution in [0, 0.1) is 0 Å². The second-order valence-corrected chi connectivity index (χ2v) is 17.8. The third kappa shape index (κ3) is 46.3. The van der Waals surface area contributed by atoms with Crippen molar-refractivity contribution >= 4 is 19.8 Å². The lowest BCUT2D eigenvalue weighted by Crippen LogP contribution is -2.37. The van der Waals surface area contributed by atoms with Gasteiger partial charge in [0.15, 0.2) is 6.10 Å². The van der Waals surface area contributed by atoms with Crippen LogP contribution in [0.4, 0.5) is 0 Å². The largest absolute Gasteiger partial charge is 0.756 e. The molecule has 0 N–H and O–H groups in total. The van der Waals surface area contributed by atoms with Gasteiger partial charge in [0.25, 0.3) is 7.82 Å². The molecule has 0 saturated carbocycles. The van der Waals surface area contributed by atoms with Crippen LogP contribution in [-0.2, 0) is 32.7 Å². The Morgan fingerprint density at radius 3 is 1.46 bits per heavy atom. The van der Waals surface area contributed by atoms with Crippen molar-refractivity contribution in [3.8, 4) is 0 Å². The summed E-state index contributed by atoms with van der Waals surface area (Å²) in [6.45, 7) is 4.00. The highest BCUT2D eigenvalue weighted by Gasteiger charge is 2.21. The van der Waals surface area contributed by atoms with Gasteiger partial charge in [-0.1, -0.05) is 156 Å². The van der Waals surface area contributed by atoms with Crippen LogP contribution in [0.3, 0.4) is 0 Å². The number of rotatable bonds is 41. The maximum Gasteiger partial charge on any atom is 0.306 e. The van der Waals surface area contributed by atoms with E-state index in [4.69, 9.17) is 18.5 Å². The Hall–Kier alpha value is -3.07. The number of phosphoric ester groups is 1. The number of unbranched alkanes of at least 4 members (excludes halogenated alkanes) is 11. The lowest BCUT2D eigenvalue weighted by molar-refractivity contribution is -0.870. The maximum atomic E-state index is 12.7. The molecule has 0 radical (unpaired) electrons. The molecule has 10 heteroatoms. The fourth-order valence-electron chi connectivity index (χ4n) is 5.70. The van der Waals surface area contributed by atoms with Crippen LogP contribution < -0.4 is 4.89 Å². The third-order valence-corrected chi connectivity index (χ3v) is 10.3. The molecule has 0 amide bonds. The van der Waals surface area contributed by atoms with Gasteiger partial charge in [0, 0.05) is 12.8 Å². The van der Waals surface area contributed by atoms with Gasteiger partial charge >= 0.3 is 11.9 Å². The molecule has 0 aromatic rings. The number of hydrogen-bond donors (Lipinski definition) is 0. The molecule has 0 aliphatic heterocycles. The minimum Gasteiger partial charge on any atom is -0.756 e. The Bertz CT molecular complexity index is 1350. The smallest absolute Gasteiger partial charge is 0.306 e. The first-order valence-corrected chi connectivity index (χ1v) is 24.9. The molecule has 2 atom stereocenters. The van der Waals surface area contributed by atoms with Gasteiger partial charge in [0.1, 0.15) is 19.8 Å². The highest BCUT2D eigenvalue weighted by molar-refractivity contribution is 7.45. The van der Waals surface area contributed by atoms with Crippen molar-refractivity contribution in [2.75, 3.05) is 47.5 Å². The Balaban J connectivity index is 4.46. The van der Waals surface area contributed by atoms with Gasteiger partial charge in [0.05, 0.1) is 27.7 Å². The number of quaternary nitrogens is 1. The van der Waals surface area contributed by atoms with Crippen LogP contribution in [0.15, 0.2) is 97.2 Å². The quantitative estimate of drug-likeness (QED) is 0.0196. The molecule has 0 bridgehead atoms. The van der Waals surface area contributed by atoms with Crippen molar-refractivity contribution in [3.63, 3.8) is 0 Å². The first kappa shape index (κ1) is 57.9. The van der Waals surface area contributed by atoms with E-state index in [-0.39, 0.29) is 26.1 Å². The zero-order valence-electron chi connectivity index (χ0n) is 39.1. The summed E-state index contributed by atoms with van der Waals surface area (Å²) in [6, 6.07) is 0. The molecular weight excluding hydrogens is 786 g/mol. The Morgan fingerprint density at radius 1 is 0.525 bits per heavy atom. The van der Waals surface area contributed by atoms with Crippen LogP contribution in [0.5, 0.6) is 0 Å². The molecule has 0 fully saturated rings. The maximum absolute atomic E-state index is 12.7. The van der Waals surface area contributed by atoms with E-state index in [1.807, 2.05) is 27.2 Å². The highest BCUT2D eigenvalue weighted by atomic mass is 31.2. The van der Waals surface area contributed by atoms with E-state index < -0.39 is 32.5 Å². The second-order valence-electron chi connectivity index (χ2n) is 16.4. The fourth-order valence-corrected chi connectivity index (χ4v) is 6.42. The molecule has 9 nitrogen and oxygen atoms in total. The predicted molar refractivity (Wildman–Crippen MR) is 254 cm³/mol. The van der Waals surface area contributed by atoms with Gasteiger partial charge in [-0.3, -0.25) is 14.2 Å². The van der Waals surface area contributed by atoms with Crippen LogP contribution in [0.1, 0.15) is 162 Å². The number of ether oxygens (including phenoxy) is 2. The average Bonchev–Trinajstić information content (AvgIpc) is 3.21. The number of phosphoric acid groups is 1. The van der Waals surface area contributed by atoms with E-state index in [0.29, 0.717) is 30.3 Å². The number of likely N-dealkylation sites (N-methyl/N-ethyl adjacent to an activating group) is 1. The SMILES string of the molecule is CC/C=C\C/C=C\C/C=C\C/C=C\C/C=C\C/C=C\C/C=C\CCCC(=O)OC(COC(=O)CCCCCCC/C=C\CCCCCCC)COP(=O)([O-])OCC[N+](C)(C)C. The zero-order chi connectivity index (χ0) is 45.0. The molecule has 348 valence electrons. The second kappa shape index (κ2) is 42.2. The summed E-state index contributed by atoms with van der Waals surface area (Å²) in [5.41, 5.74) is 0. The van der Waals surface area contributed by atoms with Gasteiger partial charge in [-0.25, -0.2) is 0 Å². The first-order valence-electron chi connectivity index (χ1n) is 23.4. The van der Waals surface area contributed by atoms with Crippen LogP contribution in [-0.4, -0.2) is 70.0 Å². The van der Waals surface area contributed by atoms with E-state index in [1.165, 1.54) is 38.5 Å². The molecule has 0 aliphatic carbocycles. The van der Waals surface area contributed by atoms with Crippen molar-refractivity contribution in [1.29, 1.82) is 0 Å². The number of esters is 2. The van der Waals surface area contributed by atoms with Gasteiger partial charge < -0.3 is 27.9 Å². The van der Waals surface area contributed by atoms with Gasteiger partial charge in [-0.05, 0) is 89.9 Å². The number of carbonyl (C=O) groups is 2. The van der Waals surface area contributed by atoms with Crippen molar-refractivity contribution < 1.29 is 42.1 Å². The van der Waals surface area contributed by atoms with Crippen molar-refractivity contribution in [2.24, 2.45) is 0 Å². The Labute approximate surface area is 373 Å². The minimum absolute atomic E-state index is 0.0484. The lowest BCUT2D eigenvalue weighted by Gasteiger charge is -2.28. The number of nitrogens with zero attached hydrogens (tertiary/aromatic N) is 1. The Morgan fingerprint density at radius 2 is 0.951 bits per heavy atom. The molecule has 0 saturated heterocycles.